The third-order valence-corrected chi connectivity index (χ3v) is 3.16. The average Bonchev–Trinajstić information content (AvgIpc) is 2.56. The maximum atomic E-state index is 11.8. The Morgan fingerprint density at radius 2 is 1.61 bits per heavy atom. The molecular formula is C16H16ClN3O3. The highest BCUT2D eigenvalue weighted by Gasteiger charge is 2.06. The zero-order valence-corrected chi connectivity index (χ0v) is 13.2. The maximum Gasteiger partial charge on any atom is 0.318 e. The summed E-state index contributed by atoms with van der Waals surface area (Å²) < 4.78 is 5.35. The third-order valence-electron chi connectivity index (χ3n) is 2.85. The van der Waals surface area contributed by atoms with E-state index in [2.05, 4.69) is 16.0 Å². The summed E-state index contributed by atoms with van der Waals surface area (Å²) in [6.07, 6.45) is 0. The van der Waals surface area contributed by atoms with Crippen molar-refractivity contribution in [3.63, 3.8) is 0 Å². The van der Waals surface area contributed by atoms with E-state index in [1.54, 1.807) is 48.5 Å². The molecule has 0 unspecified atom stereocenters. The van der Waals surface area contributed by atoms with Gasteiger partial charge in [-0.05, 0) is 36.4 Å². The van der Waals surface area contributed by atoms with Crippen molar-refractivity contribution < 1.29 is 14.3 Å². The lowest BCUT2D eigenvalue weighted by molar-refractivity contribution is -0.118. The number of amides is 3. The van der Waals surface area contributed by atoms with Gasteiger partial charge in [0.05, 0.1) is 5.02 Å². The quantitative estimate of drug-likeness (QED) is 0.786. The summed E-state index contributed by atoms with van der Waals surface area (Å²) in [5.74, 6) is 0.145. The van der Waals surface area contributed by atoms with Gasteiger partial charge in [0.15, 0.2) is 6.61 Å². The summed E-state index contributed by atoms with van der Waals surface area (Å²) in [6.45, 7) is -0.151. The summed E-state index contributed by atoms with van der Waals surface area (Å²) in [5, 5.41) is 8.21. The molecule has 2 aromatic carbocycles. The van der Waals surface area contributed by atoms with E-state index in [0.717, 1.165) is 0 Å². The molecule has 0 saturated carbocycles. The van der Waals surface area contributed by atoms with E-state index < -0.39 is 0 Å². The van der Waals surface area contributed by atoms with Gasteiger partial charge in [-0.1, -0.05) is 23.7 Å². The van der Waals surface area contributed by atoms with Gasteiger partial charge in [-0.25, -0.2) is 4.79 Å². The molecule has 7 heteroatoms. The molecule has 0 spiro atoms. The van der Waals surface area contributed by atoms with Crippen LogP contribution >= 0.6 is 11.6 Å². The van der Waals surface area contributed by atoms with E-state index in [-0.39, 0.29) is 18.5 Å². The van der Waals surface area contributed by atoms with Crippen LogP contribution in [-0.4, -0.2) is 25.6 Å². The number of anilines is 2. The van der Waals surface area contributed by atoms with Crippen molar-refractivity contribution in [2.45, 2.75) is 0 Å². The van der Waals surface area contributed by atoms with Crippen molar-refractivity contribution in [3.8, 4) is 5.75 Å². The number of nitrogens with one attached hydrogen (secondary N) is 3. The smallest absolute Gasteiger partial charge is 0.318 e. The summed E-state index contributed by atoms with van der Waals surface area (Å²) in [5.41, 5.74) is 1.22. The molecule has 3 amide bonds. The Labute approximate surface area is 138 Å². The van der Waals surface area contributed by atoms with Crippen molar-refractivity contribution in [1.29, 1.82) is 0 Å². The topological polar surface area (TPSA) is 79.5 Å². The second-order valence-corrected chi connectivity index (χ2v) is 4.96. The highest BCUT2D eigenvalue weighted by atomic mass is 35.5. The first-order valence-electron chi connectivity index (χ1n) is 6.84. The number of carbonyl (C=O) groups is 2. The number of urea groups is 1. The number of rotatable bonds is 5. The first-order valence-corrected chi connectivity index (χ1v) is 7.22. The highest BCUT2D eigenvalue weighted by Crippen LogP contribution is 2.23. The minimum atomic E-state index is -0.310. The van der Waals surface area contributed by atoms with Crippen LogP contribution in [0, 0.1) is 0 Å². The van der Waals surface area contributed by atoms with Crippen molar-refractivity contribution >= 4 is 34.9 Å². The summed E-state index contributed by atoms with van der Waals surface area (Å²) in [4.78, 5) is 23.0. The van der Waals surface area contributed by atoms with Gasteiger partial charge in [-0.15, -0.1) is 0 Å². The lowest BCUT2D eigenvalue weighted by atomic mass is 10.3. The molecule has 2 aromatic rings. The molecule has 0 aliphatic heterocycles. The van der Waals surface area contributed by atoms with E-state index in [9.17, 15) is 9.59 Å². The molecule has 0 radical (unpaired) electrons. The van der Waals surface area contributed by atoms with E-state index in [0.29, 0.717) is 22.1 Å². The largest absolute Gasteiger partial charge is 0.482 e. The fourth-order valence-corrected chi connectivity index (χ4v) is 1.92. The van der Waals surface area contributed by atoms with Crippen LogP contribution in [0.2, 0.25) is 5.02 Å². The predicted octanol–water partition coefficient (Wildman–Crippen LogP) is 3.11. The van der Waals surface area contributed by atoms with E-state index in [1.807, 2.05) is 0 Å². The van der Waals surface area contributed by atoms with Gasteiger partial charge in [0.1, 0.15) is 5.75 Å². The van der Waals surface area contributed by atoms with Gasteiger partial charge >= 0.3 is 6.03 Å². The Balaban J connectivity index is 1.85. The molecule has 0 aromatic heterocycles. The summed E-state index contributed by atoms with van der Waals surface area (Å²) in [7, 11) is 1.53. The minimum Gasteiger partial charge on any atom is -0.482 e. The molecule has 0 aliphatic rings. The fourth-order valence-electron chi connectivity index (χ4n) is 1.73. The number of halogens is 1. The molecule has 0 bridgehead atoms. The maximum absolute atomic E-state index is 11.8. The lowest BCUT2D eigenvalue weighted by Crippen LogP contribution is -2.24. The van der Waals surface area contributed by atoms with Gasteiger partial charge in [0.25, 0.3) is 5.91 Å². The zero-order chi connectivity index (χ0) is 16.7. The van der Waals surface area contributed by atoms with Crippen molar-refractivity contribution in [1.82, 2.24) is 5.32 Å². The average molecular weight is 334 g/mol. The normalized spacial score (nSPS) is 9.83. The van der Waals surface area contributed by atoms with Crippen molar-refractivity contribution in [3.05, 3.63) is 53.6 Å². The van der Waals surface area contributed by atoms with Crippen LogP contribution in [0.3, 0.4) is 0 Å². The number of para-hydroxylation sites is 1. The van der Waals surface area contributed by atoms with Crippen molar-refractivity contribution in [2.75, 3.05) is 24.3 Å². The van der Waals surface area contributed by atoms with E-state index >= 15 is 0 Å². The first-order chi connectivity index (χ1) is 11.1. The van der Waals surface area contributed by atoms with Gasteiger partial charge in [-0.2, -0.15) is 0 Å². The van der Waals surface area contributed by atoms with E-state index in [4.69, 9.17) is 16.3 Å². The fraction of sp³-hybridized carbons (Fsp3) is 0.125. The highest BCUT2D eigenvalue weighted by molar-refractivity contribution is 6.32. The van der Waals surface area contributed by atoms with Crippen LogP contribution in [0.15, 0.2) is 48.5 Å². The lowest BCUT2D eigenvalue weighted by Gasteiger charge is -2.09. The predicted molar refractivity (Wildman–Crippen MR) is 90.1 cm³/mol. The first kappa shape index (κ1) is 16.6. The molecule has 0 heterocycles. The Kier molecular flexibility index (Phi) is 5.82. The number of hydrogen-bond acceptors (Lipinski definition) is 3. The van der Waals surface area contributed by atoms with Crippen LogP contribution in [0.1, 0.15) is 0 Å². The minimum absolute atomic E-state index is 0.151. The molecule has 0 fully saturated rings. The van der Waals surface area contributed by atoms with Gasteiger partial charge in [0, 0.05) is 18.4 Å². The molecule has 23 heavy (non-hydrogen) atoms. The van der Waals surface area contributed by atoms with Crippen LogP contribution in [-0.2, 0) is 4.79 Å². The summed E-state index contributed by atoms with van der Waals surface area (Å²) >= 11 is 5.94. The van der Waals surface area contributed by atoms with Gasteiger partial charge in [0.2, 0.25) is 0 Å². The number of ether oxygens (including phenoxy) is 1. The van der Waals surface area contributed by atoms with Gasteiger partial charge < -0.3 is 20.7 Å². The molecule has 2 rings (SSSR count). The monoisotopic (exact) mass is 333 g/mol. The van der Waals surface area contributed by atoms with Crippen LogP contribution in [0.25, 0.3) is 0 Å². The molecule has 6 nitrogen and oxygen atoms in total. The number of carbonyl (C=O) groups excluding carboxylic acids is 2. The van der Waals surface area contributed by atoms with Crippen molar-refractivity contribution in [2.24, 2.45) is 0 Å². The molecule has 0 aliphatic carbocycles. The molecule has 0 saturated heterocycles. The van der Waals surface area contributed by atoms with E-state index in [1.165, 1.54) is 7.05 Å². The van der Waals surface area contributed by atoms with Crippen LogP contribution in [0.5, 0.6) is 5.75 Å². The van der Waals surface area contributed by atoms with Gasteiger partial charge in [-0.3, -0.25) is 4.79 Å². The molecule has 3 N–H and O–H groups in total. The zero-order valence-electron chi connectivity index (χ0n) is 12.4. The number of benzene rings is 2. The Bertz CT molecular complexity index is 689. The second-order valence-electron chi connectivity index (χ2n) is 4.55. The molecule has 0 atom stereocenters. The Hall–Kier alpha value is -2.73. The summed E-state index contributed by atoms with van der Waals surface area (Å²) in [6, 6.07) is 13.3. The SMILES string of the molecule is CNC(=O)Nc1ccc(NC(=O)COc2ccccc2Cl)cc1. The second kappa shape index (κ2) is 8.05. The Morgan fingerprint density at radius 1 is 1.00 bits per heavy atom. The standard InChI is InChI=1S/C16H16ClN3O3/c1-18-16(22)20-12-8-6-11(7-9-12)19-15(21)10-23-14-5-3-2-4-13(14)17/h2-9H,10H2,1H3,(H,19,21)(H2,18,20,22). The molecular weight excluding hydrogens is 318 g/mol. The van der Waals surface area contributed by atoms with Crippen LogP contribution in [0.4, 0.5) is 16.2 Å². The third kappa shape index (κ3) is 5.19. The molecule has 120 valence electrons. The number of hydrogen-bond donors (Lipinski definition) is 3. The van der Waals surface area contributed by atoms with Crippen LogP contribution < -0.4 is 20.7 Å². The Morgan fingerprint density at radius 3 is 2.22 bits per heavy atom.